The Morgan fingerprint density at radius 3 is 2.63 bits per heavy atom. The van der Waals surface area contributed by atoms with E-state index in [1.54, 1.807) is 16.9 Å². The summed E-state index contributed by atoms with van der Waals surface area (Å²) < 4.78 is 5.50. The van der Waals surface area contributed by atoms with Crippen molar-refractivity contribution in [2.45, 2.75) is 53.8 Å². The van der Waals surface area contributed by atoms with E-state index in [4.69, 9.17) is 0 Å². The summed E-state index contributed by atoms with van der Waals surface area (Å²) in [7, 11) is 0. The van der Waals surface area contributed by atoms with Gasteiger partial charge in [0.15, 0.2) is 5.65 Å². The minimum absolute atomic E-state index is 0.180. The van der Waals surface area contributed by atoms with Crippen molar-refractivity contribution in [3.8, 4) is 11.3 Å². The first kappa shape index (κ1) is 19.8. The molecule has 0 aliphatic carbocycles. The van der Waals surface area contributed by atoms with Crippen molar-refractivity contribution in [2.24, 2.45) is 0 Å². The molecule has 0 radical (unpaired) electrons. The van der Waals surface area contributed by atoms with E-state index in [0.29, 0.717) is 11.2 Å². The lowest BCUT2D eigenvalue weighted by molar-refractivity contribution is 0.0941. The van der Waals surface area contributed by atoms with Crippen molar-refractivity contribution >= 4 is 11.6 Å². The molecule has 30 heavy (non-hydrogen) atoms. The molecule has 4 rings (SSSR count). The molecule has 0 bridgehead atoms. The zero-order valence-corrected chi connectivity index (χ0v) is 17.9. The highest BCUT2D eigenvalue weighted by Gasteiger charge is 2.21. The topological polar surface area (TPSA) is 94.9 Å². The van der Waals surface area contributed by atoms with Crippen molar-refractivity contribution in [3.63, 3.8) is 0 Å². The van der Waals surface area contributed by atoms with Crippen LogP contribution in [0.3, 0.4) is 0 Å². The summed E-state index contributed by atoms with van der Waals surface area (Å²) in [6, 6.07) is 1.71. The first-order chi connectivity index (χ1) is 14.4. The summed E-state index contributed by atoms with van der Waals surface area (Å²) in [4.78, 5) is 17.4. The summed E-state index contributed by atoms with van der Waals surface area (Å²) >= 11 is 0. The summed E-state index contributed by atoms with van der Waals surface area (Å²) in [5, 5.41) is 16.4. The lowest BCUT2D eigenvalue weighted by atomic mass is 10.1. The van der Waals surface area contributed by atoms with Crippen LogP contribution in [-0.4, -0.2) is 40.1 Å². The van der Waals surface area contributed by atoms with Gasteiger partial charge in [-0.15, -0.1) is 0 Å². The largest absolute Gasteiger partial charge is 0.345 e. The number of nitrogens with zero attached hydrogens (tertiary/aromatic N) is 7. The van der Waals surface area contributed by atoms with Crippen molar-refractivity contribution in [3.05, 3.63) is 53.4 Å². The van der Waals surface area contributed by atoms with Crippen molar-refractivity contribution in [1.82, 2.24) is 39.5 Å². The van der Waals surface area contributed by atoms with Gasteiger partial charge in [-0.25, -0.2) is 9.50 Å². The fourth-order valence-corrected chi connectivity index (χ4v) is 3.74. The lowest BCUT2D eigenvalue weighted by Crippen LogP contribution is -2.27. The van der Waals surface area contributed by atoms with Crippen molar-refractivity contribution < 1.29 is 4.79 Å². The van der Waals surface area contributed by atoms with Gasteiger partial charge in [-0.05, 0) is 40.7 Å². The first-order valence-electron chi connectivity index (χ1n) is 10.1. The van der Waals surface area contributed by atoms with Gasteiger partial charge in [0.2, 0.25) is 0 Å². The average molecular weight is 406 g/mol. The van der Waals surface area contributed by atoms with Crippen LogP contribution in [0.5, 0.6) is 0 Å². The number of aromatic nitrogens is 7. The van der Waals surface area contributed by atoms with Crippen LogP contribution in [0.15, 0.2) is 30.9 Å². The predicted octanol–water partition coefficient (Wildman–Crippen LogP) is 2.94. The highest BCUT2D eigenvalue weighted by atomic mass is 16.1. The molecule has 1 amide bonds. The van der Waals surface area contributed by atoms with Crippen LogP contribution < -0.4 is 5.32 Å². The summed E-state index contributed by atoms with van der Waals surface area (Å²) in [5.41, 5.74) is 5.72. The third-order valence-corrected chi connectivity index (χ3v) is 5.45. The van der Waals surface area contributed by atoms with Gasteiger partial charge < -0.3 is 5.32 Å². The molecule has 156 valence electrons. The number of carbonyl (C=O) groups is 1. The lowest BCUT2D eigenvalue weighted by Gasteiger charge is -2.13. The number of carbonyl (C=O) groups excluding carboxylic acids is 1. The number of nitrogens with one attached hydrogen (secondary N) is 1. The molecule has 0 aromatic carbocycles. The zero-order valence-electron chi connectivity index (χ0n) is 17.9. The van der Waals surface area contributed by atoms with E-state index < -0.39 is 0 Å². The number of fused-ring (bicyclic) bond motifs is 1. The first-order valence-corrected chi connectivity index (χ1v) is 10.1. The van der Waals surface area contributed by atoms with Crippen LogP contribution in [0.1, 0.15) is 54.1 Å². The van der Waals surface area contributed by atoms with Gasteiger partial charge in [0.05, 0.1) is 29.8 Å². The molecule has 0 fully saturated rings. The maximum absolute atomic E-state index is 13.0. The summed E-state index contributed by atoms with van der Waals surface area (Å²) in [6.07, 6.45) is 7.06. The highest BCUT2D eigenvalue weighted by molar-refractivity contribution is 6.00. The smallest absolute Gasteiger partial charge is 0.257 e. The molecular weight excluding hydrogens is 380 g/mol. The van der Waals surface area contributed by atoms with Crippen LogP contribution in [0, 0.1) is 13.8 Å². The van der Waals surface area contributed by atoms with Gasteiger partial charge in [0.1, 0.15) is 5.56 Å². The Morgan fingerprint density at radius 2 is 1.97 bits per heavy atom. The quantitative estimate of drug-likeness (QED) is 0.531. The van der Waals surface area contributed by atoms with E-state index in [-0.39, 0.29) is 11.9 Å². The predicted molar refractivity (Wildman–Crippen MR) is 113 cm³/mol. The number of amides is 1. The molecule has 0 saturated heterocycles. The normalized spacial score (nSPS) is 12.4. The fraction of sp³-hybridized carbons (Fsp3) is 0.381. The summed E-state index contributed by atoms with van der Waals surface area (Å²) in [6.45, 7) is 11.6. The fourth-order valence-electron chi connectivity index (χ4n) is 3.74. The van der Waals surface area contributed by atoms with Crippen LogP contribution in [0.4, 0.5) is 0 Å². The molecule has 0 aliphatic heterocycles. The van der Waals surface area contributed by atoms with Crippen LogP contribution in [0.25, 0.3) is 16.9 Å². The SMILES string of the molecule is CCn1cc(-c2ccnc3c(C(=O)NC(C)c4cnn(CC)c4C)cnn23)c(C)n1. The number of hydrogen-bond donors (Lipinski definition) is 1. The molecule has 9 nitrogen and oxygen atoms in total. The maximum Gasteiger partial charge on any atom is 0.257 e. The Bertz CT molecular complexity index is 1220. The second-order valence-corrected chi connectivity index (χ2v) is 7.30. The van der Waals surface area contributed by atoms with E-state index in [9.17, 15) is 4.79 Å². The Hall–Kier alpha value is -3.49. The molecule has 1 atom stereocenters. The van der Waals surface area contributed by atoms with Crippen LogP contribution in [-0.2, 0) is 13.1 Å². The Kier molecular flexibility index (Phi) is 5.11. The van der Waals surface area contributed by atoms with E-state index in [1.807, 2.05) is 62.4 Å². The van der Waals surface area contributed by atoms with Crippen molar-refractivity contribution in [1.29, 1.82) is 0 Å². The average Bonchev–Trinajstić information content (AvgIpc) is 3.43. The van der Waals surface area contributed by atoms with E-state index in [0.717, 1.165) is 41.3 Å². The van der Waals surface area contributed by atoms with Gasteiger partial charge in [0.25, 0.3) is 5.91 Å². The zero-order chi connectivity index (χ0) is 21.4. The molecule has 9 heteroatoms. The molecule has 0 saturated carbocycles. The molecule has 4 heterocycles. The molecule has 1 N–H and O–H groups in total. The van der Waals surface area contributed by atoms with Gasteiger partial charge in [-0.3, -0.25) is 14.2 Å². The van der Waals surface area contributed by atoms with Gasteiger partial charge in [-0.2, -0.15) is 15.3 Å². The minimum atomic E-state index is -0.216. The number of aryl methyl sites for hydroxylation is 3. The van der Waals surface area contributed by atoms with E-state index in [2.05, 4.69) is 25.6 Å². The third kappa shape index (κ3) is 3.26. The Labute approximate surface area is 174 Å². The van der Waals surface area contributed by atoms with Crippen LogP contribution in [0.2, 0.25) is 0 Å². The molecule has 1 unspecified atom stereocenters. The van der Waals surface area contributed by atoms with Gasteiger partial charge >= 0.3 is 0 Å². The highest BCUT2D eigenvalue weighted by Crippen LogP contribution is 2.24. The number of rotatable bonds is 6. The molecule has 4 aromatic heterocycles. The Balaban J connectivity index is 1.66. The molecule has 4 aromatic rings. The van der Waals surface area contributed by atoms with Crippen molar-refractivity contribution in [2.75, 3.05) is 0 Å². The van der Waals surface area contributed by atoms with Gasteiger partial charge in [-0.1, -0.05) is 0 Å². The second-order valence-electron chi connectivity index (χ2n) is 7.30. The second kappa shape index (κ2) is 7.74. The van der Waals surface area contributed by atoms with Crippen LogP contribution >= 0.6 is 0 Å². The number of hydrogen-bond acceptors (Lipinski definition) is 5. The van der Waals surface area contributed by atoms with Gasteiger partial charge in [0, 0.05) is 42.3 Å². The molecule has 0 spiro atoms. The third-order valence-electron chi connectivity index (χ3n) is 5.45. The standard InChI is InChI=1S/C21H26N8O/c1-6-27-12-18(14(4)26-27)19-8-9-22-20-17(11-24-29(19)20)21(30)25-13(3)16-10-23-28(7-2)15(16)5/h8-13H,6-7H2,1-5H3,(H,25,30). The molecular formula is C21H26N8O. The minimum Gasteiger partial charge on any atom is -0.345 e. The molecule has 0 aliphatic rings. The van der Waals surface area contributed by atoms with E-state index >= 15 is 0 Å². The summed E-state index contributed by atoms with van der Waals surface area (Å²) in [5.74, 6) is -0.216. The maximum atomic E-state index is 13.0. The van der Waals surface area contributed by atoms with E-state index in [1.165, 1.54) is 0 Å². The Morgan fingerprint density at radius 1 is 1.17 bits per heavy atom. The monoisotopic (exact) mass is 406 g/mol.